The van der Waals surface area contributed by atoms with E-state index in [4.69, 9.17) is 0 Å². The van der Waals surface area contributed by atoms with Crippen molar-refractivity contribution < 1.29 is 0 Å². The first-order chi connectivity index (χ1) is 8.77. The molecular weight excluding hydrogens is 224 g/mol. The predicted octanol–water partition coefficient (Wildman–Crippen LogP) is 1.80. The number of aryl methyl sites for hydroxylation is 1. The van der Waals surface area contributed by atoms with Crippen LogP contribution < -0.4 is 5.32 Å². The molecule has 2 rings (SSSR count). The molecule has 2 unspecified atom stereocenters. The first kappa shape index (κ1) is 13.6. The van der Waals surface area contributed by atoms with Gasteiger partial charge in [-0.05, 0) is 57.9 Å². The minimum atomic E-state index is 0.527. The van der Waals surface area contributed by atoms with E-state index in [1.165, 1.54) is 38.0 Å². The Morgan fingerprint density at radius 3 is 2.94 bits per heavy atom. The van der Waals surface area contributed by atoms with Crippen molar-refractivity contribution >= 4 is 0 Å². The van der Waals surface area contributed by atoms with Crippen LogP contribution in [0.3, 0.4) is 0 Å². The summed E-state index contributed by atoms with van der Waals surface area (Å²) >= 11 is 0. The highest BCUT2D eigenvalue weighted by atomic mass is 15.3. The van der Waals surface area contributed by atoms with Gasteiger partial charge in [0.1, 0.15) is 0 Å². The molecule has 1 N–H and O–H groups in total. The highest BCUT2D eigenvalue weighted by Crippen LogP contribution is 2.35. The van der Waals surface area contributed by atoms with E-state index >= 15 is 0 Å². The van der Waals surface area contributed by atoms with Gasteiger partial charge in [-0.3, -0.25) is 9.58 Å². The van der Waals surface area contributed by atoms with E-state index < -0.39 is 0 Å². The summed E-state index contributed by atoms with van der Waals surface area (Å²) in [7, 11) is 4.11. The Morgan fingerprint density at radius 2 is 2.33 bits per heavy atom. The Hall–Kier alpha value is -0.870. The second-order valence-corrected chi connectivity index (χ2v) is 5.32. The van der Waals surface area contributed by atoms with Crippen molar-refractivity contribution in [1.29, 1.82) is 0 Å². The molecule has 0 aromatic carbocycles. The lowest BCUT2D eigenvalue weighted by Gasteiger charge is -2.41. The van der Waals surface area contributed by atoms with E-state index in [0.717, 1.165) is 6.54 Å². The van der Waals surface area contributed by atoms with Crippen molar-refractivity contribution in [3.05, 3.63) is 18.0 Å². The molecule has 2 atom stereocenters. The quantitative estimate of drug-likeness (QED) is 0.865. The van der Waals surface area contributed by atoms with E-state index in [2.05, 4.69) is 42.4 Å². The normalized spacial score (nSPS) is 25.5. The molecule has 102 valence electrons. The van der Waals surface area contributed by atoms with Gasteiger partial charge in [-0.1, -0.05) is 6.92 Å². The van der Waals surface area contributed by atoms with Crippen molar-refractivity contribution in [2.45, 2.75) is 32.2 Å². The lowest BCUT2D eigenvalue weighted by molar-refractivity contribution is 0.0866. The van der Waals surface area contributed by atoms with Crippen molar-refractivity contribution in [2.24, 2.45) is 13.0 Å². The Labute approximate surface area is 110 Å². The second-order valence-electron chi connectivity index (χ2n) is 5.32. The molecule has 0 radical (unpaired) electrons. The monoisotopic (exact) mass is 250 g/mol. The third-order valence-corrected chi connectivity index (χ3v) is 4.00. The third kappa shape index (κ3) is 2.75. The van der Waals surface area contributed by atoms with Crippen LogP contribution >= 0.6 is 0 Å². The first-order valence-corrected chi connectivity index (χ1v) is 7.14. The summed E-state index contributed by atoms with van der Waals surface area (Å²) in [5, 5.41) is 7.71. The maximum absolute atomic E-state index is 4.35. The molecule has 1 aromatic rings. The van der Waals surface area contributed by atoms with Crippen LogP contribution in [0.25, 0.3) is 0 Å². The molecule has 18 heavy (non-hydrogen) atoms. The summed E-state index contributed by atoms with van der Waals surface area (Å²) in [5.41, 5.74) is 1.36. The maximum Gasteiger partial charge on any atom is 0.0557 e. The van der Waals surface area contributed by atoms with Gasteiger partial charge in [0.15, 0.2) is 0 Å². The van der Waals surface area contributed by atoms with Crippen molar-refractivity contribution in [3.63, 3.8) is 0 Å². The molecule has 1 aliphatic rings. The average Bonchev–Trinajstić information content (AvgIpc) is 2.77. The van der Waals surface area contributed by atoms with Crippen molar-refractivity contribution in [3.8, 4) is 0 Å². The molecule has 0 aliphatic carbocycles. The summed E-state index contributed by atoms with van der Waals surface area (Å²) < 4.78 is 2.04. The molecule has 0 spiro atoms. The lowest BCUT2D eigenvalue weighted by atomic mass is 9.86. The number of nitrogens with one attached hydrogen (secondary N) is 1. The largest absolute Gasteiger partial charge is 0.319 e. The SMILES string of the molecule is CCCN1CCCC(CNC)C1c1ccnn1C. The van der Waals surface area contributed by atoms with Gasteiger partial charge < -0.3 is 5.32 Å². The molecular formula is C14H26N4. The van der Waals surface area contributed by atoms with Gasteiger partial charge in [0.05, 0.1) is 11.7 Å². The summed E-state index contributed by atoms with van der Waals surface area (Å²) in [6, 6.07) is 2.71. The summed E-state index contributed by atoms with van der Waals surface area (Å²) in [6.45, 7) is 5.78. The zero-order chi connectivity index (χ0) is 13.0. The Bertz CT molecular complexity index is 342. The fraction of sp³-hybridized carbons (Fsp3) is 0.786. The molecule has 1 saturated heterocycles. The molecule has 2 heterocycles. The summed E-state index contributed by atoms with van der Waals surface area (Å²) in [5.74, 6) is 0.700. The van der Waals surface area contributed by atoms with Crippen LogP contribution in [0.2, 0.25) is 0 Å². The van der Waals surface area contributed by atoms with Crippen LogP contribution in [-0.2, 0) is 7.05 Å². The minimum Gasteiger partial charge on any atom is -0.319 e. The summed E-state index contributed by atoms with van der Waals surface area (Å²) in [6.07, 6.45) is 5.78. The predicted molar refractivity (Wildman–Crippen MR) is 74.5 cm³/mol. The van der Waals surface area contributed by atoms with Crippen LogP contribution in [0.1, 0.15) is 37.9 Å². The van der Waals surface area contributed by atoms with Crippen LogP contribution in [0.15, 0.2) is 12.3 Å². The first-order valence-electron chi connectivity index (χ1n) is 7.14. The van der Waals surface area contributed by atoms with Crippen molar-refractivity contribution in [2.75, 3.05) is 26.7 Å². The van der Waals surface area contributed by atoms with E-state index in [0.29, 0.717) is 12.0 Å². The number of nitrogens with zero attached hydrogens (tertiary/aromatic N) is 3. The van der Waals surface area contributed by atoms with Gasteiger partial charge in [-0.2, -0.15) is 5.10 Å². The van der Waals surface area contributed by atoms with Crippen LogP contribution in [0.5, 0.6) is 0 Å². The van der Waals surface area contributed by atoms with Crippen molar-refractivity contribution in [1.82, 2.24) is 20.0 Å². The van der Waals surface area contributed by atoms with E-state index in [-0.39, 0.29) is 0 Å². The zero-order valence-corrected chi connectivity index (χ0v) is 11.9. The Morgan fingerprint density at radius 1 is 1.50 bits per heavy atom. The number of hydrogen-bond donors (Lipinski definition) is 1. The average molecular weight is 250 g/mol. The molecule has 0 saturated carbocycles. The fourth-order valence-electron chi connectivity index (χ4n) is 3.27. The standard InChI is InChI=1S/C14H26N4/c1-4-9-18-10-5-6-12(11-15-2)14(18)13-7-8-16-17(13)3/h7-8,12,14-15H,4-6,9-11H2,1-3H3. The molecule has 4 nitrogen and oxygen atoms in total. The van der Waals surface area contributed by atoms with E-state index in [9.17, 15) is 0 Å². The van der Waals surface area contributed by atoms with Crippen LogP contribution in [0, 0.1) is 5.92 Å². The topological polar surface area (TPSA) is 33.1 Å². The van der Waals surface area contributed by atoms with Gasteiger partial charge in [-0.15, -0.1) is 0 Å². The molecule has 0 amide bonds. The summed E-state index contributed by atoms with van der Waals surface area (Å²) in [4.78, 5) is 2.64. The van der Waals surface area contributed by atoms with Crippen LogP contribution in [0.4, 0.5) is 0 Å². The van der Waals surface area contributed by atoms with E-state index in [1.54, 1.807) is 0 Å². The second kappa shape index (κ2) is 6.34. The Kier molecular flexibility index (Phi) is 4.78. The zero-order valence-electron chi connectivity index (χ0n) is 11.9. The number of aromatic nitrogens is 2. The van der Waals surface area contributed by atoms with Gasteiger partial charge in [0.2, 0.25) is 0 Å². The number of piperidine rings is 1. The number of rotatable bonds is 5. The van der Waals surface area contributed by atoms with Gasteiger partial charge in [0.25, 0.3) is 0 Å². The fourth-order valence-corrected chi connectivity index (χ4v) is 3.27. The van der Waals surface area contributed by atoms with Gasteiger partial charge in [0, 0.05) is 13.2 Å². The van der Waals surface area contributed by atoms with Gasteiger partial charge >= 0.3 is 0 Å². The van der Waals surface area contributed by atoms with E-state index in [1.807, 2.05) is 10.9 Å². The molecule has 1 aliphatic heterocycles. The number of likely N-dealkylation sites (tertiary alicyclic amines) is 1. The van der Waals surface area contributed by atoms with Gasteiger partial charge in [-0.25, -0.2) is 0 Å². The minimum absolute atomic E-state index is 0.527. The highest BCUT2D eigenvalue weighted by molar-refractivity contribution is 5.10. The molecule has 4 heteroatoms. The lowest BCUT2D eigenvalue weighted by Crippen LogP contribution is -2.43. The highest BCUT2D eigenvalue weighted by Gasteiger charge is 2.33. The molecule has 0 bridgehead atoms. The number of hydrogen-bond acceptors (Lipinski definition) is 3. The molecule has 1 aromatic heterocycles. The maximum atomic E-state index is 4.35. The van der Waals surface area contributed by atoms with Crippen LogP contribution in [-0.4, -0.2) is 41.4 Å². The smallest absolute Gasteiger partial charge is 0.0557 e. The Balaban J connectivity index is 2.23. The third-order valence-electron chi connectivity index (χ3n) is 4.00. The molecule has 1 fully saturated rings.